The van der Waals surface area contributed by atoms with Crippen molar-refractivity contribution in [3.05, 3.63) is 90.6 Å². The van der Waals surface area contributed by atoms with Crippen molar-refractivity contribution < 1.29 is 4.57 Å². The van der Waals surface area contributed by atoms with Crippen molar-refractivity contribution in [1.82, 2.24) is 5.43 Å². The summed E-state index contributed by atoms with van der Waals surface area (Å²) < 4.78 is 2.13. The Morgan fingerprint density at radius 2 is 1.41 bits per heavy atom. The molecule has 0 atom stereocenters. The summed E-state index contributed by atoms with van der Waals surface area (Å²) in [4.78, 5) is 0. The average Bonchev–Trinajstić information content (AvgIpc) is 2.62. The van der Waals surface area contributed by atoms with Crippen LogP contribution >= 0.6 is 0 Å². The minimum absolute atomic E-state index is 1.06. The van der Waals surface area contributed by atoms with E-state index in [-0.39, 0.29) is 0 Å². The van der Waals surface area contributed by atoms with E-state index in [1.165, 1.54) is 0 Å². The van der Waals surface area contributed by atoms with Crippen LogP contribution in [0.15, 0.2) is 85.1 Å². The molecular formula is C19H16N3+. The Labute approximate surface area is 129 Å². The Bertz CT molecular complexity index is 810. The van der Waals surface area contributed by atoms with Crippen molar-refractivity contribution in [1.29, 1.82) is 0 Å². The summed E-state index contributed by atoms with van der Waals surface area (Å²) in [6.07, 6.45) is 4.18. The average molecular weight is 286 g/mol. The molecule has 0 aliphatic carbocycles. The van der Waals surface area contributed by atoms with Crippen LogP contribution in [0.1, 0.15) is 5.56 Å². The summed E-state index contributed by atoms with van der Waals surface area (Å²) in [6.45, 7) is 0. The van der Waals surface area contributed by atoms with Crippen molar-refractivity contribution in [3.8, 4) is 0 Å². The van der Waals surface area contributed by atoms with E-state index in [0.717, 1.165) is 22.8 Å². The van der Waals surface area contributed by atoms with E-state index in [2.05, 4.69) is 69.9 Å². The molecule has 0 bridgehead atoms. The number of fused-ring (bicyclic) bond motifs is 1. The minimum Gasteiger partial charge on any atom is -0.219 e. The predicted octanol–water partition coefficient (Wildman–Crippen LogP) is 3.59. The molecule has 0 spiro atoms. The Kier molecular flexibility index (Phi) is 3.09. The summed E-state index contributed by atoms with van der Waals surface area (Å²) in [5.41, 5.74) is 6.84. The monoisotopic (exact) mass is 286 g/mol. The second-order valence-corrected chi connectivity index (χ2v) is 5.16. The predicted molar refractivity (Wildman–Crippen MR) is 89.0 cm³/mol. The van der Waals surface area contributed by atoms with Gasteiger partial charge in [-0.3, -0.25) is 0 Å². The van der Waals surface area contributed by atoms with Crippen molar-refractivity contribution in [2.75, 3.05) is 5.01 Å². The molecule has 22 heavy (non-hydrogen) atoms. The van der Waals surface area contributed by atoms with E-state index < -0.39 is 0 Å². The first kappa shape index (κ1) is 12.7. The van der Waals surface area contributed by atoms with E-state index in [0.29, 0.717) is 0 Å². The molecule has 3 aromatic rings. The largest absolute Gasteiger partial charge is 0.310 e. The first-order valence-corrected chi connectivity index (χ1v) is 7.31. The molecule has 0 radical (unpaired) electrons. The van der Waals surface area contributed by atoms with Crippen molar-refractivity contribution in [3.63, 3.8) is 0 Å². The minimum atomic E-state index is 1.06. The van der Waals surface area contributed by atoms with Gasteiger partial charge in [-0.25, -0.2) is 9.99 Å². The number of pyridine rings is 1. The van der Waals surface area contributed by atoms with E-state index >= 15 is 0 Å². The van der Waals surface area contributed by atoms with Gasteiger partial charge in [-0.1, -0.05) is 54.6 Å². The fourth-order valence-corrected chi connectivity index (χ4v) is 2.62. The summed E-state index contributed by atoms with van der Waals surface area (Å²) >= 11 is 0. The van der Waals surface area contributed by atoms with Gasteiger partial charge in [0.15, 0.2) is 5.69 Å². The van der Waals surface area contributed by atoms with E-state index in [1.54, 1.807) is 0 Å². The molecule has 4 rings (SSSR count). The summed E-state index contributed by atoms with van der Waals surface area (Å²) in [6, 6.07) is 26.8. The highest BCUT2D eigenvalue weighted by atomic mass is 15.6. The second kappa shape index (κ2) is 5.37. The van der Waals surface area contributed by atoms with Gasteiger partial charge in [0.05, 0.1) is 6.20 Å². The van der Waals surface area contributed by atoms with Gasteiger partial charge in [-0.05, 0) is 18.2 Å². The number of nitrogens with one attached hydrogen (secondary N) is 1. The maximum absolute atomic E-state index is 3.52. The van der Waals surface area contributed by atoms with Crippen LogP contribution in [-0.2, 0) is 0 Å². The molecular weight excluding hydrogens is 270 g/mol. The smallest absolute Gasteiger partial charge is 0.219 e. The Hall–Kier alpha value is -3.07. The van der Waals surface area contributed by atoms with E-state index in [1.807, 2.05) is 36.4 Å². The number of para-hydroxylation sites is 1. The highest BCUT2D eigenvalue weighted by Gasteiger charge is 2.27. The molecule has 0 fully saturated rings. The molecule has 1 aromatic heterocycles. The van der Waals surface area contributed by atoms with Gasteiger partial charge in [0.25, 0.3) is 0 Å². The van der Waals surface area contributed by atoms with Gasteiger partial charge >= 0.3 is 5.82 Å². The maximum Gasteiger partial charge on any atom is 0.310 e. The number of anilines is 2. The molecule has 3 nitrogen and oxygen atoms in total. The molecule has 106 valence electrons. The standard InChI is InChI=1S/C19H16N3/c1-3-9-16(10-4-1)18-15-21-14-8-7-13-19(21)22(20-18)17-11-5-2-6-12-17/h1-15,20H/q+1. The number of benzene rings is 2. The number of hydrogen-bond acceptors (Lipinski definition) is 2. The van der Waals surface area contributed by atoms with Crippen LogP contribution in [0.2, 0.25) is 0 Å². The molecule has 1 aliphatic heterocycles. The summed E-state index contributed by atoms with van der Waals surface area (Å²) in [7, 11) is 0. The van der Waals surface area contributed by atoms with Crippen molar-refractivity contribution in [2.45, 2.75) is 0 Å². The first-order valence-electron chi connectivity index (χ1n) is 7.31. The van der Waals surface area contributed by atoms with Gasteiger partial charge < -0.3 is 0 Å². The molecule has 3 heteroatoms. The zero-order valence-electron chi connectivity index (χ0n) is 12.1. The third-order valence-electron chi connectivity index (χ3n) is 3.70. The topological polar surface area (TPSA) is 19.1 Å². The van der Waals surface area contributed by atoms with Crippen molar-refractivity contribution >= 4 is 23.4 Å². The van der Waals surface area contributed by atoms with Crippen molar-refractivity contribution in [2.24, 2.45) is 0 Å². The lowest BCUT2D eigenvalue weighted by atomic mass is 10.1. The molecule has 2 aromatic carbocycles. The summed E-state index contributed by atoms with van der Waals surface area (Å²) in [5, 5.41) is 2.10. The molecule has 0 saturated carbocycles. The normalized spacial score (nSPS) is 13.1. The molecule has 0 saturated heterocycles. The lowest BCUT2D eigenvalue weighted by molar-refractivity contribution is -0.555. The number of hydrazine groups is 1. The van der Waals surface area contributed by atoms with Gasteiger partial charge in [0.2, 0.25) is 0 Å². The van der Waals surface area contributed by atoms with Crippen LogP contribution in [0.3, 0.4) is 0 Å². The third kappa shape index (κ3) is 2.23. The second-order valence-electron chi connectivity index (χ2n) is 5.16. The van der Waals surface area contributed by atoms with E-state index in [4.69, 9.17) is 0 Å². The maximum atomic E-state index is 3.52. The number of aromatic nitrogens is 1. The highest BCUT2D eigenvalue weighted by Crippen LogP contribution is 2.25. The molecule has 1 N–H and O–H groups in total. The van der Waals surface area contributed by atoms with E-state index in [9.17, 15) is 0 Å². The van der Waals surface area contributed by atoms with Gasteiger partial charge in [-0.15, -0.1) is 5.01 Å². The van der Waals surface area contributed by atoms with Gasteiger partial charge in [0.1, 0.15) is 11.9 Å². The Morgan fingerprint density at radius 1 is 0.727 bits per heavy atom. The molecule has 0 amide bonds. The Balaban J connectivity index is 1.84. The van der Waals surface area contributed by atoms with Crippen LogP contribution < -0.4 is 15.0 Å². The van der Waals surface area contributed by atoms with Gasteiger partial charge in [0, 0.05) is 11.6 Å². The number of nitrogens with zero attached hydrogens (tertiary/aromatic N) is 2. The zero-order valence-corrected chi connectivity index (χ0v) is 12.1. The SMILES string of the molecule is C1=C(c2ccccc2)NN(c2ccccc2)c2cccc[n+]21. The highest BCUT2D eigenvalue weighted by molar-refractivity contribution is 5.76. The molecule has 2 heterocycles. The number of rotatable bonds is 2. The zero-order chi connectivity index (χ0) is 14.8. The first-order chi connectivity index (χ1) is 10.9. The van der Waals surface area contributed by atoms with Crippen LogP contribution in [0.4, 0.5) is 11.5 Å². The summed E-state index contributed by atoms with van der Waals surface area (Å²) in [5.74, 6) is 1.08. The van der Waals surface area contributed by atoms with Crippen LogP contribution in [0, 0.1) is 0 Å². The quantitative estimate of drug-likeness (QED) is 0.726. The van der Waals surface area contributed by atoms with Gasteiger partial charge in [-0.2, -0.15) is 0 Å². The van der Waals surface area contributed by atoms with Crippen LogP contribution in [-0.4, -0.2) is 0 Å². The molecule has 0 unspecified atom stereocenters. The lowest BCUT2D eigenvalue weighted by Crippen LogP contribution is -2.47. The number of hydrogen-bond donors (Lipinski definition) is 1. The molecule has 1 aliphatic rings. The third-order valence-corrected chi connectivity index (χ3v) is 3.70. The lowest BCUT2D eigenvalue weighted by Gasteiger charge is -2.24. The fourth-order valence-electron chi connectivity index (χ4n) is 2.62. The van der Waals surface area contributed by atoms with Crippen LogP contribution in [0.5, 0.6) is 0 Å². The van der Waals surface area contributed by atoms with Crippen LogP contribution in [0.25, 0.3) is 11.9 Å². The fraction of sp³-hybridized carbons (Fsp3) is 0. The Morgan fingerprint density at radius 3 is 2.18 bits per heavy atom.